The van der Waals surface area contributed by atoms with Crippen LogP contribution in [0, 0.1) is 0 Å². The number of amides is 1. The van der Waals surface area contributed by atoms with Crippen molar-refractivity contribution in [2.45, 2.75) is 25.9 Å². The van der Waals surface area contributed by atoms with Crippen LogP contribution in [0.3, 0.4) is 0 Å². The molecule has 0 saturated heterocycles. The summed E-state index contributed by atoms with van der Waals surface area (Å²) in [6.45, 7) is 4.05. The largest absolute Gasteiger partial charge is 0.382 e. The van der Waals surface area contributed by atoms with Gasteiger partial charge in [-0.3, -0.25) is 4.79 Å². The van der Waals surface area contributed by atoms with Gasteiger partial charge in [-0.2, -0.15) is 0 Å². The van der Waals surface area contributed by atoms with Gasteiger partial charge in [-0.15, -0.1) is 0 Å². The predicted molar refractivity (Wildman–Crippen MR) is 58.6 cm³/mol. The highest BCUT2D eigenvalue weighted by Gasteiger charge is 2.04. The number of hydrogen-bond donors (Lipinski definition) is 2. The van der Waals surface area contributed by atoms with Gasteiger partial charge in [0, 0.05) is 26.6 Å². The van der Waals surface area contributed by atoms with Crippen molar-refractivity contribution in [3.05, 3.63) is 0 Å². The predicted octanol–water partition coefficient (Wildman–Crippen LogP) is -0.107. The Labute approximate surface area is 91.3 Å². The molecule has 1 amide bonds. The Hall–Kier alpha value is -0.650. The molecule has 5 heteroatoms. The van der Waals surface area contributed by atoms with Crippen molar-refractivity contribution in [1.82, 2.24) is 5.32 Å². The molecule has 0 saturated carbocycles. The van der Waals surface area contributed by atoms with E-state index in [1.54, 1.807) is 7.11 Å². The Kier molecular flexibility index (Phi) is 9.46. The van der Waals surface area contributed by atoms with Gasteiger partial charge in [0.1, 0.15) is 0 Å². The van der Waals surface area contributed by atoms with Gasteiger partial charge in [0.25, 0.3) is 0 Å². The van der Waals surface area contributed by atoms with Gasteiger partial charge in [0.2, 0.25) is 5.91 Å². The molecule has 0 bridgehead atoms. The van der Waals surface area contributed by atoms with Crippen LogP contribution in [0.15, 0.2) is 0 Å². The van der Waals surface area contributed by atoms with Crippen LogP contribution in [0.5, 0.6) is 0 Å². The monoisotopic (exact) mass is 218 g/mol. The normalized spacial score (nSPS) is 12.5. The van der Waals surface area contributed by atoms with Crippen LogP contribution in [0.25, 0.3) is 0 Å². The molecule has 0 spiro atoms. The molecule has 0 aromatic carbocycles. The van der Waals surface area contributed by atoms with Crippen molar-refractivity contribution in [2.75, 3.05) is 33.4 Å². The number of rotatable bonds is 9. The minimum absolute atomic E-state index is 0.0373. The van der Waals surface area contributed by atoms with E-state index in [1.807, 2.05) is 6.92 Å². The lowest BCUT2D eigenvalue weighted by Crippen LogP contribution is -2.28. The third-order valence-corrected chi connectivity index (χ3v) is 2.01. The summed E-state index contributed by atoms with van der Waals surface area (Å²) in [6.07, 6.45) is 1.36. The molecule has 0 aliphatic rings. The molecule has 0 radical (unpaired) electrons. The van der Waals surface area contributed by atoms with Crippen molar-refractivity contribution in [1.29, 1.82) is 0 Å². The smallest absolute Gasteiger partial charge is 0.220 e. The molecule has 3 N–H and O–H groups in total. The van der Waals surface area contributed by atoms with E-state index in [4.69, 9.17) is 15.2 Å². The zero-order valence-corrected chi connectivity index (χ0v) is 9.62. The van der Waals surface area contributed by atoms with E-state index in [2.05, 4.69) is 5.32 Å². The number of ether oxygens (including phenoxy) is 2. The van der Waals surface area contributed by atoms with Crippen molar-refractivity contribution < 1.29 is 14.3 Å². The number of carbonyl (C=O) groups is 1. The standard InChI is InChI=1S/C10H22N2O3/c1-9(14-2)3-4-10(13)12-6-8-15-7-5-11/h9H,3-8,11H2,1-2H3,(H,12,13). The molecular weight excluding hydrogens is 196 g/mol. The lowest BCUT2D eigenvalue weighted by molar-refractivity contribution is -0.121. The molecule has 0 rings (SSSR count). The third kappa shape index (κ3) is 9.65. The Morgan fingerprint density at radius 2 is 2.20 bits per heavy atom. The molecule has 0 fully saturated rings. The second-order valence-corrected chi connectivity index (χ2v) is 3.34. The van der Waals surface area contributed by atoms with Gasteiger partial charge >= 0.3 is 0 Å². The van der Waals surface area contributed by atoms with Crippen molar-refractivity contribution in [3.8, 4) is 0 Å². The lowest BCUT2D eigenvalue weighted by atomic mass is 10.2. The molecule has 1 atom stereocenters. The number of nitrogens with two attached hydrogens (primary N) is 1. The molecule has 0 heterocycles. The highest BCUT2D eigenvalue weighted by molar-refractivity contribution is 5.75. The van der Waals surface area contributed by atoms with E-state index in [9.17, 15) is 4.79 Å². The maximum atomic E-state index is 11.2. The summed E-state index contributed by atoms with van der Waals surface area (Å²) in [5.41, 5.74) is 5.24. The first kappa shape index (κ1) is 14.3. The van der Waals surface area contributed by atoms with E-state index in [-0.39, 0.29) is 12.0 Å². The van der Waals surface area contributed by atoms with Crippen LogP contribution >= 0.6 is 0 Å². The minimum atomic E-state index is 0.0373. The maximum absolute atomic E-state index is 11.2. The Bertz CT molecular complexity index is 165. The zero-order valence-electron chi connectivity index (χ0n) is 9.62. The fourth-order valence-corrected chi connectivity index (χ4v) is 0.989. The number of methoxy groups -OCH3 is 1. The molecule has 90 valence electrons. The quantitative estimate of drug-likeness (QED) is 0.530. The Morgan fingerprint density at radius 1 is 1.47 bits per heavy atom. The number of carbonyl (C=O) groups excluding carboxylic acids is 1. The molecule has 5 nitrogen and oxygen atoms in total. The summed E-state index contributed by atoms with van der Waals surface area (Å²) < 4.78 is 10.2. The summed E-state index contributed by atoms with van der Waals surface area (Å²) in [5.74, 6) is 0.0373. The summed E-state index contributed by atoms with van der Waals surface area (Å²) in [6, 6.07) is 0. The van der Waals surface area contributed by atoms with Gasteiger partial charge in [0.05, 0.1) is 19.3 Å². The first-order chi connectivity index (χ1) is 7.20. The molecule has 1 unspecified atom stereocenters. The fourth-order valence-electron chi connectivity index (χ4n) is 0.989. The molecule has 0 aliphatic heterocycles. The van der Waals surface area contributed by atoms with Crippen molar-refractivity contribution in [2.24, 2.45) is 5.73 Å². The first-order valence-electron chi connectivity index (χ1n) is 5.28. The van der Waals surface area contributed by atoms with Crippen LogP contribution in [-0.2, 0) is 14.3 Å². The number of hydrogen-bond acceptors (Lipinski definition) is 4. The topological polar surface area (TPSA) is 73.6 Å². The fraction of sp³-hybridized carbons (Fsp3) is 0.900. The average Bonchev–Trinajstić information content (AvgIpc) is 2.25. The van der Waals surface area contributed by atoms with Crippen LogP contribution in [0.1, 0.15) is 19.8 Å². The van der Waals surface area contributed by atoms with Crippen LogP contribution in [0.4, 0.5) is 0 Å². The first-order valence-corrected chi connectivity index (χ1v) is 5.28. The van der Waals surface area contributed by atoms with Gasteiger partial charge in [-0.25, -0.2) is 0 Å². The average molecular weight is 218 g/mol. The summed E-state index contributed by atoms with van der Waals surface area (Å²) >= 11 is 0. The van der Waals surface area contributed by atoms with E-state index in [0.29, 0.717) is 32.7 Å². The van der Waals surface area contributed by atoms with E-state index in [1.165, 1.54) is 0 Å². The van der Waals surface area contributed by atoms with Crippen LogP contribution in [0.2, 0.25) is 0 Å². The zero-order chi connectivity index (χ0) is 11.5. The van der Waals surface area contributed by atoms with E-state index in [0.717, 1.165) is 6.42 Å². The van der Waals surface area contributed by atoms with E-state index < -0.39 is 0 Å². The highest BCUT2D eigenvalue weighted by atomic mass is 16.5. The minimum Gasteiger partial charge on any atom is -0.382 e. The third-order valence-electron chi connectivity index (χ3n) is 2.01. The van der Waals surface area contributed by atoms with Crippen molar-refractivity contribution in [3.63, 3.8) is 0 Å². The molecule has 0 aromatic heterocycles. The van der Waals surface area contributed by atoms with Gasteiger partial charge in [-0.05, 0) is 13.3 Å². The second kappa shape index (κ2) is 9.89. The Balaban J connectivity index is 3.26. The molecule has 0 aliphatic carbocycles. The lowest BCUT2D eigenvalue weighted by Gasteiger charge is -2.09. The maximum Gasteiger partial charge on any atom is 0.220 e. The second-order valence-electron chi connectivity index (χ2n) is 3.34. The molecular formula is C10H22N2O3. The summed E-state index contributed by atoms with van der Waals surface area (Å²) in [4.78, 5) is 11.2. The molecule has 0 aromatic rings. The van der Waals surface area contributed by atoms with Gasteiger partial charge in [0.15, 0.2) is 0 Å². The number of nitrogens with one attached hydrogen (secondary N) is 1. The van der Waals surface area contributed by atoms with Gasteiger partial charge in [-0.1, -0.05) is 0 Å². The summed E-state index contributed by atoms with van der Waals surface area (Å²) in [7, 11) is 1.64. The summed E-state index contributed by atoms with van der Waals surface area (Å²) in [5, 5.41) is 2.76. The van der Waals surface area contributed by atoms with Gasteiger partial charge < -0.3 is 20.5 Å². The SMILES string of the molecule is COC(C)CCC(=O)NCCOCCN. The van der Waals surface area contributed by atoms with Crippen LogP contribution in [-0.4, -0.2) is 45.4 Å². The van der Waals surface area contributed by atoms with Crippen LogP contribution < -0.4 is 11.1 Å². The Morgan fingerprint density at radius 3 is 2.80 bits per heavy atom. The van der Waals surface area contributed by atoms with E-state index >= 15 is 0 Å². The van der Waals surface area contributed by atoms with Crippen molar-refractivity contribution >= 4 is 5.91 Å². The molecule has 15 heavy (non-hydrogen) atoms. The highest BCUT2D eigenvalue weighted by Crippen LogP contribution is 1.99.